The summed E-state index contributed by atoms with van der Waals surface area (Å²) in [6.45, 7) is 6.91. The molecule has 15 heteroatoms. The van der Waals surface area contributed by atoms with Gasteiger partial charge in [0, 0.05) is 75.6 Å². The van der Waals surface area contributed by atoms with Gasteiger partial charge in [-0.3, -0.25) is 14.3 Å². The third kappa shape index (κ3) is 8.65. The van der Waals surface area contributed by atoms with Gasteiger partial charge < -0.3 is 35.4 Å². The van der Waals surface area contributed by atoms with Gasteiger partial charge in [0.15, 0.2) is 0 Å². The van der Waals surface area contributed by atoms with Gasteiger partial charge in [-0.05, 0) is 93.7 Å². The van der Waals surface area contributed by atoms with Crippen molar-refractivity contribution in [3.63, 3.8) is 0 Å². The number of nitrogens with zero attached hydrogens (tertiary/aromatic N) is 6. The predicted octanol–water partition coefficient (Wildman–Crippen LogP) is 6.36. The Labute approximate surface area is 358 Å². The van der Waals surface area contributed by atoms with E-state index in [1.54, 1.807) is 41.9 Å². The van der Waals surface area contributed by atoms with Gasteiger partial charge in [-0.25, -0.2) is 14.6 Å². The van der Waals surface area contributed by atoms with Crippen LogP contribution in [-0.4, -0.2) is 102 Å². The lowest BCUT2D eigenvalue weighted by Crippen LogP contribution is -2.43. The Morgan fingerprint density at radius 2 is 1.70 bits per heavy atom. The molecule has 3 aromatic carbocycles. The number of hydrogen-bond acceptors (Lipinski definition) is 12. The first-order valence-corrected chi connectivity index (χ1v) is 22.4. The molecule has 0 saturated carbocycles. The molecule has 4 fully saturated rings. The van der Waals surface area contributed by atoms with Gasteiger partial charge in [0.2, 0.25) is 0 Å². The fourth-order valence-electron chi connectivity index (χ4n) is 9.49. The molecule has 9 rings (SSSR count). The molecule has 4 saturated heterocycles. The van der Waals surface area contributed by atoms with Gasteiger partial charge in [-0.2, -0.15) is 5.10 Å². The highest BCUT2D eigenvalue weighted by atomic mass is 32.1. The van der Waals surface area contributed by atoms with Gasteiger partial charge in [0.1, 0.15) is 29.0 Å². The lowest BCUT2D eigenvalue weighted by Gasteiger charge is -2.38. The lowest BCUT2D eigenvalue weighted by atomic mass is 9.94. The molecular weight excluding hydrogens is 791 g/mol. The Hall–Kier alpha value is -5.98. The monoisotopic (exact) mass is 841 g/mol. The molecule has 0 aliphatic carbocycles. The molecule has 61 heavy (non-hydrogen) atoms. The van der Waals surface area contributed by atoms with Crippen molar-refractivity contribution in [1.82, 2.24) is 30.3 Å². The van der Waals surface area contributed by atoms with Crippen LogP contribution in [0.25, 0.3) is 21.1 Å². The van der Waals surface area contributed by atoms with Crippen LogP contribution in [0.2, 0.25) is 0 Å². The fraction of sp³-hybridized carbons (Fsp3) is 0.435. The van der Waals surface area contributed by atoms with Crippen LogP contribution >= 0.6 is 11.3 Å². The minimum Gasteiger partial charge on any atom is -0.496 e. The minimum absolute atomic E-state index is 0.120. The molecule has 0 unspecified atom stereocenters. The number of carbonyl (C=O) groups is 2. The van der Waals surface area contributed by atoms with Crippen LogP contribution in [0.5, 0.6) is 5.75 Å². The molecule has 4 aliphatic rings. The Bertz CT molecular complexity index is 2530. The fourth-order valence-corrected chi connectivity index (χ4v) is 10.2. The molecule has 0 spiro atoms. The van der Waals surface area contributed by atoms with E-state index in [1.807, 2.05) is 30.3 Å². The number of ether oxygens (including phenoxy) is 1. The van der Waals surface area contributed by atoms with E-state index >= 15 is 0 Å². The third-order valence-corrected chi connectivity index (χ3v) is 13.7. The van der Waals surface area contributed by atoms with Gasteiger partial charge in [0.05, 0.1) is 62.9 Å². The number of thiazole rings is 1. The zero-order valence-electron chi connectivity index (χ0n) is 34.5. The van der Waals surface area contributed by atoms with Gasteiger partial charge in [0.25, 0.3) is 11.8 Å². The summed E-state index contributed by atoms with van der Waals surface area (Å²) in [5, 5.41) is 15.0. The van der Waals surface area contributed by atoms with Crippen LogP contribution in [-0.2, 0) is 9.59 Å². The second-order valence-electron chi connectivity index (χ2n) is 16.7. The van der Waals surface area contributed by atoms with E-state index in [2.05, 4.69) is 58.6 Å². The normalized spacial score (nSPS) is 19.4. The summed E-state index contributed by atoms with van der Waals surface area (Å²) in [6.07, 6.45) is 10.7. The number of carbonyl (C=O) groups excluding carboxylic acids is 4. The van der Waals surface area contributed by atoms with Crippen molar-refractivity contribution in [2.45, 2.75) is 69.9 Å². The summed E-state index contributed by atoms with van der Waals surface area (Å²) < 4.78 is 8.82. The summed E-state index contributed by atoms with van der Waals surface area (Å²) >= 11 is 1.54. The van der Waals surface area contributed by atoms with Crippen molar-refractivity contribution in [2.24, 2.45) is 5.92 Å². The first-order chi connectivity index (χ1) is 29.9. The SMILES string of the molecule is COc1cc(N2CCC(CN3CCC(n4cc5cc(NC(=O)c6cccc7scnc67)c(N6CCCCC6)cc5n4)CC3)CC2)ccc1C(=O)N[C@H]1CCC(=C=O)NC1=C=O. The Kier molecular flexibility index (Phi) is 11.9. The zero-order valence-corrected chi connectivity index (χ0v) is 35.3. The Balaban J connectivity index is 0.797. The number of rotatable bonds is 10. The standard InChI is InChI=1S/C46H51N9O5S/c1-60-42-23-34(9-10-35(42)45(58)49-37-11-8-32(27-56)48-40(37)28-57)53-20-12-30(13-21-53)25-52-18-14-33(15-19-52)55-26-31-22-39(41(24-38(31)51-55)54-16-3-2-4-17-54)50-46(59)36-6-5-7-43-44(36)47-29-61-43/h5-7,9-10,22-24,26,29-30,33,37,48H,2-4,8,11-21,25H2,1H3,(H,49,58)(H,50,59)/t37-/m0/s1. The molecule has 6 heterocycles. The molecule has 14 nitrogen and oxygen atoms in total. The van der Waals surface area contributed by atoms with Crippen molar-refractivity contribution < 1.29 is 23.9 Å². The number of methoxy groups -OCH3 is 1. The summed E-state index contributed by atoms with van der Waals surface area (Å²) in [7, 11) is 1.55. The minimum atomic E-state index is -0.577. The summed E-state index contributed by atoms with van der Waals surface area (Å²) in [4.78, 5) is 61.3. The number of benzene rings is 3. The molecule has 4 aliphatic heterocycles. The molecule has 316 valence electrons. The van der Waals surface area contributed by atoms with E-state index in [0.717, 1.165) is 123 Å². The first kappa shape index (κ1) is 40.4. The predicted molar refractivity (Wildman–Crippen MR) is 238 cm³/mol. The van der Waals surface area contributed by atoms with Crippen molar-refractivity contribution >= 4 is 73.2 Å². The zero-order chi connectivity index (χ0) is 41.9. The van der Waals surface area contributed by atoms with Crippen molar-refractivity contribution in [2.75, 3.05) is 68.0 Å². The number of hydrogen-bond donors (Lipinski definition) is 3. The highest BCUT2D eigenvalue weighted by Crippen LogP contribution is 2.36. The Morgan fingerprint density at radius 3 is 2.48 bits per heavy atom. The van der Waals surface area contributed by atoms with Gasteiger partial charge >= 0.3 is 0 Å². The quantitative estimate of drug-likeness (QED) is 0.135. The number of likely N-dealkylation sites (tertiary alicyclic amines) is 1. The van der Waals surface area contributed by atoms with Crippen molar-refractivity contribution in [1.29, 1.82) is 0 Å². The summed E-state index contributed by atoms with van der Waals surface area (Å²) in [6, 6.07) is 15.4. The molecule has 2 amide bonds. The van der Waals surface area contributed by atoms with Crippen LogP contribution in [0.4, 0.5) is 17.1 Å². The Morgan fingerprint density at radius 1 is 0.885 bits per heavy atom. The smallest absolute Gasteiger partial charge is 0.257 e. The maximum absolute atomic E-state index is 13.7. The van der Waals surface area contributed by atoms with E-state index in [9.17, 15) is 19.2 Å². The number of nitrogens with one attached hydrogen (secondary N) is 3. The number of allylic oxidation sites excluding steroid dienone is 1. The van der Waals surface area contributed by atoms with Crippen LogP contribution < -0.4 is 30.5 Å². The third-order valence-electron chi connectivity index (χ3n) is 12.9. The van der Waals surface area contributed by atoms with Gasteiger partial charge in [-0.15, -0.1) is 11.3 Å². The molecular formula is C46H51N9O5S. The number of para-hydroxylation sites is 1. The largest absolute Gasteiger partial charge is 0.496 e. The molecule has 2 aromatic heterocycles. The number of aromatic nitrogens is 3. The first-order valence-electron chi connectivity index (χ1n) is 21.5. The summed E-state index contributed by atoms with van der Waals surface area (Å²) in [5.74, 6) is 4.16. The van der Waals surface area contributed by atoms with Gasteiger partial charge in [-0.1, -0.05) is 6.07 Å². The highest BCUT2D eigenvalue weighted by Gasteiger charge is 2.29. The average molecular weight is 842 g/mol. The molecule has 5 aromatic rings. The van der Waals surface area contributed by atoms with E-state index in [1.165, 1.54) is 6.42 Å². The number of piperidine rings is 4. The van der Waals surface area contributed by atoms with Crippen LogP contribution in [0.1, 0.15) is 84.5 Å². The van der Waals surface area contributed by atoms with Crippen LogP contribution in [0, 0.1) is 5.92 Å². The maximum Gasteiger partial charge on any atom is 0.257 e. The number of fused-ring (bicyclic) bond motifs is 2. The maximum atomic E-state index is 13.7. The molecule has 0 bridgehead atoms. The van der Waals surface area contributed by atoms with Crippen molar-refractivity contribution in [3.05, 3.63) is 82.8 Å². The van der Waals surface area contributed by atoms with E-state index in [4.69, 9.17) is 9.84 Å². The molecule has 1 atom stereocenters. The molecule has 3 N–H and O–H groups in total. The average Bonchev–Trinajstić information content (AvgIpc) is 3.97. The highest BCUT2D eigenvalue weighted by molar-refractivity contribution is 7.16. The van der Waals surface area contributed by atoms with Crippen LogP contribution in [0.3, 0.4) is 0 Å². The number of amides is 2. The van der Waals surface area contributed by atoms with Crippen molar-refractivity contribution in [3.8, 4) is 5.75 Å². The summed E-state index contributed by atoms with van der Waals surface area (Å²) in [5.41, 5.74) is 7.72. The topological polar surface area (TPSA) is 154 Å². The van der Waals surface area contributed by atoms with E-state index in [0.29, 0.717) is 41.7 Å². The molecule has 0 radical (unpaired) electrons. The van der Waals surface area contributed by atoms with Crippen LogP contribution in [0.15, 0.2) is 71.6 Å². The number of anilines is 3. The van der Waals surface area contributed by atoms with E-state index < -0.39 is 6.04 Å². The van der Waals surface area contributed by atoms with E-state index in [-0.39, 0.29) is 23.2 Å². The lowest BCUT2D eigenvalue weighted by molar-refractivity contribution is 0.0935. The second-order valence-corrected chi connectivity index (χ2v) is 17.6. The second kappa shape index (κ2) is 17.9.